The number of hydrogen-bond acceptors (Lipinski definition) is 7. The molecule has 3 N–H and O–H groups in total. The molecule has 0 bridgehead atoms. The predicted octanol–water partition coefficient (Wildman–Crippen LogP) is 6.39. The van der Waals surface area contributed by atoms with E-state index in [9.17, 15) is 9.59 Å². The number of rotatable bonds is 11. The fourth-order valence-corrected chi connectivity index (χ4v) is 5.23. The fraction of sp³-hybridized carbons (Fsp3) is 0.500. The Hall–Kier alpha value is -3.78. The number of benzene rings is 2. The summed E-state index contributed by atoms with van der Waals surface area (Å²) in [6.07, 6.45) is 8.39. The molecule has 44 heavy (non-hydrogen) atoms. The highest BCUT2D eigenvalue weighted by Crippen LogP contribution is 2.32. The highest BCUT2D eigenvalue weighted by atomic mass is 16.2. The topological polar surface area (TPSA) is 98.2 Å². The van der Waals surface area contributed by atoms with Gasteiger partial charge in [-0.3, -0.25) is 9.59 Å². The van der Waals surface area contributed by atoms with E-state index in [1.807, 2.05) is 63.3 Å². The molecule has 1 saturated carbocycles. The Morgan fingerprint density at radius 3 is 2.23 bits per heavy atom. The Kier molecular flexibility index (Phi) is 16.7. The number of aryl methyl sites for hydroxylation is 2. The zero-order valence-corrected chi connectivity index (χ0v) is 28.0. The molecule has 0 radical (unpaired) electrons. The number of nitrogens with one attached hydrogen (secondary N) is 3. The second-order valence-electron chi connectivity index (χ2n) is 11.8. The van der Waals surface area contributed by atoms with E-state index in [4.69, 9.17) is 0 Å². The Labute approximate surface area is 265 Å². The minimum absolute atomic E-state index is 0.0642. The summed E-state index contributed by atoms with van der Waals surface area (Å²) >= 11 is 0. The standard InChI is InChI=1S/C19H31N5O2.C10H14.C7H9N/c1-13-10-17(23-22-13)14-6-5-7-15(11-14)19(26)21-18(12-25)16(20-2)8-9-24(3)4;1-3-4-10-7-5-9(2)6-8-10;1-8-7-5-3-2-4-6-7/h12,14-15,20H,5-11H2,1-4H3,(H,21,26);5-8H,3-4H2,1-2H3;2-6,8H,1H3/b18-16+;;. The van der Waals surface area contributed by atoms with Crippen LogP contribution in [0.4, 0.5) is 5.69 Å². The van der Waals surface area contributed by atoms with Crippen LogP contribution >= 0.6 is 0 Å². The average molecular weight is 603 g/mol. The van der Waals surface area contributed by atoms with Crippen LogP contribution in [-0.2, 0) is 16.0 Å². The highest BCUT2D eigenvalue weighted by Gasteiger charge is 2.31. The first-order chi connectivity index (χ1) is 21.2. The van der Waals surface area contributed by atoms with E-state index in [0.717, 1.165) is 67.7 Å². The normalized spacial score (nSPS) is 17.9. The molecule has 2 atom stereocenters. The summed E-state index contributed by atoms with van der Waals surface area (Å²) < 4.78 is 0. The summed E-state index contributed by atoms with van der Waals surface area (Å²) in [5, 5.41) is 17.3. The van der Waals surface area contributed by atoms with E-state index in [-0.39, 0.29) is 11.8 Å². The first-order valence-electron chi connectivity index (χ1n) is 15.9. The largest absolute Gasteiger partial charge is 0.390 e. The van der Waals surface area contributed by atoms with E-state index >= 15 is 0 Å². The van der Waals surface area contributed by atoms with Gasteiger partial charge in [0.15, 0.2) is 6.29 Å². The lowest BCUT2D eigenvalue weighted by Gasteiger charge is -2.28. The lowest BCUT2D eigenvalue weighted by molar-refractivity contribution is -0.126. The maximum atomic E-state index is 12.7. The second kappa shape index (κ2) is 20.2. The molecule has 1 aliphatic heterocycles. The maximum Gasteiger partial charge on any atom is 0.227 e. The summed E-state index contributed by atoms with van der Waals surface area (Å²) in [6, 6.07) is 18.8. The second-order valence-corrected chi connectivity index (χ2v) is 11.8. The first-order valence-corrected chi connectivity index (χ1v) is 15.9. The number of carbonyl (C=O) groups is 2. The number of para-hydroxylation sites is 1. The Balaban J connectivity index is 0.000000302. The van der Waals surface area contributed by atoms with Crippen LogP contribution in [0.3, 0.4) is 0 Å². The molecule has 0 spiro atoms. The van der Waals surface area contributed by atoms with Crippen LogP contribution in [0, 0.1) is 18.8 Å². The van der Waals surface area contributed by atoms with E-state index in [1.165, 1.54) is 24.0 Å². The first kappa shape index (κ1) is 36.4. The summed E-state index contributed by atoms with van der Waals surface area (Å²) in [5.74, 6) is 0.173. The van der Waals surface area contributed by atoms with Crippen LogP contribution in [0.2, 0.25) is 0 Å². The van der Waals surface area contributed by atoms with Crippen molar-refractivity contribution in [1.29, 1.82) is 0 Å². The van der Waals surface area contributed by atoms with Gasteiger partial charge >= 0.3 is 0 Å². The third kappa shape index (κ3) is 13.2. The van der Waals surface area contributed by atoms with Crippen LogP contribution < -0.4 is 16.0 Å². The molecule has 8 heteroatoms. The van der Waals surface area contributed by atoms with Gasteiger partial charge in [0.2, 0.25) is 5.91 Å². The zero-order chi connectivity index (χ0) is 32.3. The van der Waals surface area contributed by atoms with Gasteiger partial charge in [0.25, 0.3) is 0 Å². The fourth-order valence-electron chi connectivity index (χ4n) is 5.23. The lowest BCUT2D eigenvalue weighted by atomic mass is 9.78. The van der Waals surface area contributed by atoms with Crippen molar-refractivity contribution in [3.8, 4) is 0 Å². The van der Waals surface area contributed by atoms with Crippen molar-refractivity contribution < 1.29 is 9.59 Å². The molecule has 240 valence electrons. The van der Waals surface area contributed by atoms with Crippen molar-refractivity contribution in [1.82, 2.24) is 15.5 Å². The van der Waals surface area contributed by atoms with Crippen molar-refractivity contribution in [2.24, 2.45) is 22.0 Å². The van der Waals surface area contributed by atoms with Gasteiger partial charge in [-0.1, -0.05) is 67.8 Å². The Morgan fingerprint density at radius 1 is 1.00 bits per heavy atom. The molecule has 0 saturated heterocycles. The van der Waals surface area contributed by atoms with Crippen molar-refractivity contribution in [3.05, 3.63) is 77.1 Å². The van der Waals surface area contributed by atoms with Crippen molar-refractivity contribution in [2.45, 2.75) is 72.1 Å². The number of amides is 1. The lowest BCUT2D eigenvalue weighted by Crippen LogP contribution is -2.37. The summed E-state index contributed by atoms with van der Waals surface area (Å²) in [7, 11) is 7.64. The molecule has 2 unspecified atom stereocenters. The number of allylic oxidation sites excluding steroid dienone is 1. The van der Waals surface area contributed by atoms with Gasteiger partial charge in [-0.05, 0) is 71.3 Å². The minimum Gasteiger partial charge on any atom is -0.390 e. The van der Waals surface area contributed by atoms with E-state index in [0.29, 0.717) is 18.0 Å². The zero-order valence-electron chi connectivity index (χ0n) is 28.0. The molecule has 2 aromatic carbocycles. The van der Waals surface area contributed by atoms with E-state index in [2.05, 4.69) is 64.3 Å². The summed E-state index contributed by atoms with van der Waals surface area (Å²) in [6.45, 7) is 7.11. The van der Waals surface area contributed by atoms with Gasteiger partial charge in [-0.2, -0.15) is 10.2 Å². The van der Waals surface area contributed by atoms with Crippen molar-refractivity contribution in [2.75, 3.05) is 40.1 Å². The third-order valence-corrected chi connectivity index (χ3v) is 7.84. The van der Waals surface area contributed by atoms with E-state index in [1.54, 1.807) is 7.05 Å². The number of aldehydes is 1. The SMILES string of the molecule is CCCc1ccc(C)cc1.CN/C(CCN(C)C)=C(\C=O)NC(=O)C1CCCC(C2=NN=C(C)C2)C1.CNc1ccccc1. The van der Waals surface area contributed by atoms with Crippen LogP contribution in [0.15, 0.2) is 76.2 Å². The van der Waals surface area contributed by atoms with Gasteiger partial charge < -0.3 is 20.9 Å². The number of hydrogen-bond donors (Lipinski definition) is 3. The van der Waals surface area contributed by atoms with E-state index < -0.39 is 0 Å². The van der Waals surface area contributed by atoms with Crippen molar-refractivity contribution >= 4 is 29.3 Å². The molecule has 2 aliphatic rings. The summed E-state index contributed by atoms with van der Waals surface area (Å²) in [5.41, 5.74) is 7.21. The van der Waals surface area contributed by atoms with Crippen LogP contribution in [0.25, 0.3) is 0 Å². The average Bonchev–Trinajstić information content (AvgIpc) is 3.49. The van der Waals surface area contributed by atoms with Gasteiger partial charge in [-0.15, -0.1) is 0 Å². The molecule has 8 nitrogen and oxygen atoms in total. The van der Waals surface area contributed by atoms with Crippen LogP contribution in [-0.4, -0.2) is 63.3 Å². The molecule has 0 aromatic heterocycles. The quantitative estimate of drug-likeness (QED) is 0.205. The van der Waals surface area contributed by atoms with Crippen LogP contribution in [0.5, 0.6) is 0 Å². The predicted molar refractivity (Wildman–Crippen MR) is 185 cm³/mol. The molecule has 2 aromatic rings. The maximum absolute atomic E-state index is 12.7. The molecule has 4 rings (SSSR count). The van der Waals surface area contributed by atoms with Gasteiger partial charge in [-0.25, -0.2) is 0 Å². The molecular formula is C36H54N6O2. The molecule has 1 aliphatic carbocycles. The molecule has 1 heterocycles. The highest BCUT2D eigenvalue weighted by molar-refractivity contribution is 6.07. The monoisotopic (exact) mass is 602 g/mol. The van der Waals surface area contributed by atoms with Gasteiger partial charge in [0.1, 0.15) is 5.70 Å². The Bertz CT molecular complexity index is 1240. The minimum atomic E-state index is -0.0840. The molecule has 1 fully saturated rings. The summed E-state index contributed by atoms with van der Waals surface area (Å²) in [4.78, 5) is 26.3. The smallest absolute Gasteiger partial charge is 0.227 e. The molecule has 1 amide bonds. The number of carbonyl (C=O) groups excluding carboxylic acids is 2. The molecular weight excluding hydrogens is 548 g/mol. The number of anilines is 1. The van der Waals surface area contributed by atoms with Gasteiger partial charge in [0.05, 0.1) is 0 Å². The third-order valence-electron chi connectivity index (χ3n) is 7.84. The Morgan fingerprint density at radius 2 is 1.70 bits per heavy atom. The van der Waals surface area contributed by atoms with Crippen molar-refractivity contribution in [3.63, 3.8) is 0 Å². The van der Waals surface area contributed by atoms with Crippen LogP contribution in [0.1, 0.15) is 69.9 Å². The number of nitrogens with zero attached hydrogens (tertiary/aromatic N) is 3. The van der Waals surface area contributed by atoms with Gasteiger partial charge in [0, 0.05) is 68.1 Å².